The van der Waals surface area contributed by atoms with Crippen LogP contribution in [0.4, 0.5) is 0 Å². The Balaban J connectivity index is 3.04. The molecular weight excluding hydrogens is 472 g/mol. The number of hydrogen-bond donors (Lipinski definition) is 7. The van der Waals surface area contributed by atoms with Gasteiger partial charge in [0.15, 0.2) is 0 Å². The van der Waals surface area contributed by atoms with Crippen molar-refractivity contribution in [1.82, 2.24) is 16.0 Å². The van der Waals surface area contributed by atoms with Crippen LogP contribution in [0.3, 0.4) is 0 Å². The molecule has 10 N–H and O–H groups in total. The zero-order chi connectivity index (χ0) is 27.4. The Hall–Kier alpha value is -4.00. The lowest BCUT2D eigenvalue weighted by Crippen LogP contribution is -2.58. The van der Waals surface area contributed by atoms with Crippen LogP contribution in [-0.2, 0) is 35.2 Å². The monoisotopic (exact) mass is 506 g/mol. The number of nitrogens with two attached hydrogens (primary N) is 3. The molecule has 0 heterocycles. The number of carboxylic acids is 1. The molecule has 1 aromatic carbocycles. The maximum atomic E-state index is 12.9. The van der Waals surface area contributed by atoms with Crippen LogP contribution >= 0.6 is 0 Å². The lowest BCUT2D eigenvalue weighted by molar-refractivity contribution is -0.142. The van der Waals surface area contributed by atoms with E-state index >= 15 is 0 Å². The molecule has 0 saturated heterocycles. The van der Waals surface area contributed by atoms with Gasteiger partial charge in [0.05, 0.1) is 12.5 Å². The summed E-state index contributed by atoms with van der Waals surface area (Å²) in [5.41, 5.74) is 16.8. The third-order valence-corrected chi connectivity index (χ3v) is 5.27. The van der Waals surface area contributed by atoms with Gasteiger partial charge in [-0.05, 0) is 17.9 Å². The highest BCUT2D eigenvalue weighted by Crippen LogP contribution is 2.06. The van der Waals surface area contributed by atoms with Gasteiger partial charge in [0.1, 0.15) is 18.1 Å². The highest BCUT2D eigenvalue weighted by molar-refractivity contribution is 5.96. The zero-order valence-electron chi connectivity index (χ0n) is 20.2. The fourth-order valence-electron chi connectivity index (χ4n) is 3.13. The number of primary amides is 2. The third-order valence-electron chi connectivity index (χ3n) is 5.27. The smallest absolute Gasteiger partial charge is 0.326 e. The van der Waals surface area contributed by atoms with Crippen LogP contribution in [0.15, 0.2) is 30.3 Å². The molecule has 5 amide bonds. The van der Waals surface area contributed by atoms with Crippen LogP contribution in [0.25, 0.3) is 0 Å². The highest BCUT2D eigenvalue weighted by atomic mass is 16.4. The van der Waals surface area contributed by atoms with Gasteiger partial charge >= 0.3 is 5.97 Å². The molecule has 0 radical (unpaired) electrons. The summed E-state index contributed by atoms with van der Waals surface area (Å²) in [6.07, 6.45) is -1.16. The van der Waals surface area contributed by atoms with Gasteiger partial charge < -0.3 is 38.3 Å². The first kappa shape index (κ1) is 30.0. The standard InChI is InChI=1S/C23H34N6O7/c1-12(2)19(26)22(34)27-14(8-9-17(24)30)20(32)28-15(11-18(25)31)21(33)29-16(23(35)36)10-13-6-4-3-5-7-13/h3-7,12,14-16,19H,8-11,26H2,1-2H3,(H2,24,30)(H2,25,31)(H,27,34)(H,28,32)(H,29,33)(H,35,36). The number of benzene rings is 1. The number of nitrogens with one attached hydrogen (secondary N) is 3. The molecule has 0 aromatic heterocycles. The number of hydrogen-bond acceptors (Lipinski definition) is 7. The topological polar surface area (TPSA) is 237 Å². The first-order valence-corrected chi connectivity index (χ1v) is 11.3. The van der Waals surface area contributed by atoms with Gasteiger partial charge in [-0.25, -0.2) is 4.79 Å². The molecule has 0 aliphatic carbocycles. The van der Waals surface area contributed by atoms with Gasteiger partial charge in [-0.2, -0.15) is 0 Å². The van der Waals surface area contributed by atoms with Crippen molar-refractivity contribution in [2.75, 3.05) is 0 Å². The summed E-state index contributed by atoms with van der Waals surface area (Å²) >= 11 is 0. The Labute approximate surface area is 208 Å². The van der Waals surface area contributed by atoms with Crippen molar-refractivity contribution in [2.45, 2.75) is 63.7 Å². The van der Waals surface area contributed by atoms with Crippen LogP contribution in [0, 0.1) is 5.92 Å². The van der Waals surface area contributed by atoms with Crippen molar-refractivity contribution >= 4 is 35.5 Å². The molecule has 0 saturated carbocycles. The summed E-state index contributed by atoms with van der Waals surface area (Å²) in [6.45, 7) is 3.40. The molecule has 36 heavy (non-hydrogen) atoms. The summed E-state index contributed by atoms with van der Waals surface area (Å²) < 4.78 is 0. The van der Waals surface area contributed by atoms with Crippen LogP contribution < -0.4 is 33.2 Å². The van der Waals surface area contributed by atoms with Gasteiger partial charge in [-0.3, -0.25) is 24.0 Å². The Kier molecular flexibility index (Phi) is 12.0. The van der Waals surface area contributed by atoms with E-state index in [9.17, 15) is 33.9 Å². The predicted octanol–water partition coefficient (Wildman–Crippen LogP) is -2.11. The molecule has 4 atom stereocenters. The summed E-state index contributed by atoms with van der Waals surface area (Å²) in [5, 5.41) is 16.6. The van der Waals surface area contributed by atoms with E-state index in [0.29, 0.717) is 5.56 Å². The minimum Gasteiger partial charge on any atom is -0.480 e. The maximum Gasteiger partial charge on any atom is 0.326 e. The molecule has 0 aliphatic heterocycles. The molecule has 4 unspecified atom stereocenters. The molecule has 13 nitrogen and oxygen atoms in total. The van der Waals surface area contributed by atoms with Gasteiger partial charge in [0, 0.05) is 12.8 Å². The zero-order valence-corrected chi connectivity index (χ0v) is 20.2. The first-order chi connectivity index (χ1) is 16.8. The Bertz CT molecular complexity index is 954. The van der Waals surface area contributed by atoms with Crippen molar-refractivity contribution in [3.63, 3.8) is 0 Å². The van der Waals surface area contributed by atoms with E-state index in [1.807, 2.05) is 0 Å². The molecule has 198 valence electrons. The fourth-order valence-corrected chi connectivity index (χ4v) is 3.13. The number of carbonyl (C=O) groups is 6. The van der Waals surface area contributed by atoms with E-state index < -0.39 is 66.1 Å². The molecule has 0 aliphatic rings. The van der Waals surface area contributed by atoms with E-state index in [1.165, 1.54) is 0 Å². The summed E-state index contributed by atoms with van der Waals surface area (Å²) in [5.74, 6) is -5.79. The van der Waals surface area contributed by atoms with Crippen LogP contribution in [0.5, 0.6) is 0 Å². The Morgan fingerprint density at radius 2 is 1.33 bits per heavy atom. The number of carbonyl (C=O) groups excluding carboxylic acids is 5. The van der Waals surface area contributed by atoms with Crippen molar-refractivity contribution in [3.05, 3.63) is 35.9 Å². The van der Waals surface area contributed by atoms with E-state index in [0.717, 1.165) is 0 Å². The molecule has 1 aromatic rings. The minimum atomic E-state index is -1.54. The van der Waals surface area contributed by atoms with Gasteiger partial charge in [-0.1, -0.05) is 44.2 Å². The second-order valence-corrected chi connectivity index (χ2v) is 8.66. The number of carboxylic acid groups (broad SMARTS) is 1. The Morgan fingerprint density at radius 1 is 0.806 bits per heavy atom. The van der Waals surface area contributed by atoms with E-state index in [-0.39, 0.29) is 25.2 Å². The van der Waals surface area contributed by atoms with Crippen LogP contribution in [-0.4, -0.2) is 64.8 Å². The van der Waals surface area contributed by atoms with Gasteiger partial charge in [0.2, 0.25) is 29.5 Å². The normalized spacial score (nSPS) is 14.1. The van der Waals surface area contributed by atoms with E-state index in [4.69, 9.17) is 17.2 Å². The van der Waals surface area contributed by atoms with Gasteiger partial charge in [-0.15, -0.1) is 0 Å². The molecule has 13 heteroatoms. The maximum absolute atomic E-state index is 12.9. The molecular formula is C23H34N6O7. The average Bonchev–Trinajstić information content (AvgIpc) is 2.80. The number of aliphatic carboxylic acids is 1. The molecule has 1 rings (SSSR count). The largest absolute Gasteiger partial charge is 0.480 e. The average molecular weight is 507 g/mol. The molecule has 0 fully saturated rings. The van der Waals surface area contributed by atoms with Gasteiger partial charge in [0.25, 0.3) is 0 Å². The fraction of sp³-hybridized carbons (Fsp3) is 0.478. The summed E-state index contributed by atoms with van der Waals surface area (Å²) in [4.78, 5) is 72.7. The first-order valence-electron chi connectivity index (χ1n) is 11.3. The minimum absolute atomic E-state index is 0.0520. The van der Waals surface area contributed by atoms with E-state index in [2.05, 4.69) is 16.0 Å². The molecule has 0 spiro atoms. The second-order valence-electron chi connectivity index (χ2n) is 8.66. The molecule has 0 bridgehead atoms. The summed E-state index contributed by atoms with van der Waals surface area (Å²) in [6, 6.07) is 3.36. The third kappa shape index (κ3) is 10.5. The quantitative estimate of drug-likeness (QED) is 0.139. The lowest BCUT2D eigenvalue weighted by Gasteiger charge is -2.25. The van der Waals surface area contributed by atoms with Crippen LogP contribution in [0.2, 0.25) is 0 Å². The highest BCUT2D eigenvalue weighted by Gasteiger charge is 2.31. The number of amides is 5. The van der Waals surface area contributed by atoms with Crippen molar-refractivity contribution in [1.29, 1.82) is 0 Å². The second kappa shape index (κ2) is 14.4. The summed E-state index contributed by atoms with van der Waals surface area (Å²) in [7, 11) is 0. The predicted molar refractivity (Wildman–Crippen MR) is 129 cm³/mol. The Morgan fingerprint density at radius 3 is 1.83 bits per heavy atom. The van der Waals surface area contributed by atoms with Crippen LogP contribution in [0.1, 0.15) is 38.7 Å². The lowest BCUT2D eigenvalue weighted by atomic mass is 10.0. The SMILES string of the molecule is CC(C)C(N)C(=O)NC(CCC(N)=O)C(=O)NC(CC(N)=O)C(=O)NC(Cc1ccccc1)C(=O)O. The van der Waals surface area contributed by atoms with Crippen molar-refractivity contribution in [2.24, 2.45) is 23.1 Å². The van der Waals surface area contributed by atoms with E-state index in [1.54, 1.807) is 44.2 Å². The number of rotatable bonds is 15. The van der Waals surface area contributed by atoms with Crippen molar-refractivity contribution in [3.8, 4) is 0 Å². The van der Waals surface area contributed by atoms with Crippen molar-refractivity contribution < 1.29 is 33.9 Å².